The van der Waals surface area contributed by atoms with Crippen molar-refractivity contribution in [3.63, 3.8) is 0 Å². The molecule has 3 aliphatic heterocycles. The molecule has 0 aromatic carbocycles. The van der Waals surface area contributed by atoms with Crippen LogP contribution in [0.3, 0.4) is 0 Å². The van der Waals surface area contributed by atoms with Gasteiger partial charge in [-0.1, -0.05) is 0 Å². The Bertz CT molecular complexity index is 176. The summed E-state index contributed by atoms with van der Waals surface area (Å²) in [6.45, 7) is 3.53. The maximum atomic E-state index is 2.40. The van der Waals surface area contributed by atoms with Crippen molar-refractivity contribution >= 4 is 0 Å². The predicted molar refractivity (Wildman–Crippen MR) is 44.9 cm³/mol. The number of piperazine rings is 1. The van der Waals surface area contributed by atoms with Gasteiger partial charge in [0.25, 0.3) is 0 Å². The molecule has 2 bridgehead atoms. The zero-order valence-corrected chi connectivity index (χ0v) is 7.20. The van der Waals surface area contributed by atoms with E-state index in [-0.39, 0.29) is 0 Å². The lowest BCUT2D eigenvalue weighted by molar-refractivity contribution is 0.0322. The highest BCUT2D eigenvalue weighted by molar-refractivity contribution is 4.98. The summed E-state index contributed by atoms with van der Waals surface area (Å²) in [4.78, 5) is 7.06. The molecule has 0 spiro atoms. The lowest BCUT2D eigenvalue weighted by atomic mass is 10.2. The number of nitrogens with zero attached hydrogens (tertiary/aromatic N) is 3. The Kier molecular flexibility index (Phi) is 1.53. The molecule has 0 amide bonds. The second kappa shape index (κ2) is 2.41. The topological polar surface area (TPSA) is 9.72 Å². The Balaban J connectivity index is 2.11. The van der Waals surface area contributed by atoms with Crippen LogP contribution in [0.25, 0.3) is 0 Å². The summed E-state index contributed by atoms with van der Waals surface area (Å²) < 4.78 is 0. The fourth-order valence-electron chi connectivity index (χ4n) is 1.75. The molecule has 3 nitrogen and oxygen atoms in total. The molecule has 1 unspecified atom stereocenters. The molecular weight excluding hydrogens is 138 g/mol. The highest BCUT2D eigenvalue weighted by Crippen LogP contribution is 2.17. The average molecular weight is 153 g/mol. The Morgan fingerprint density at radius 2 is 2.09 bits per heavy atom. The maximum Gasteiger partial charge on any atom is 0.0990 e. The van der Waals surface area contributed by atoms with Gasteiger partial charge < -0.3 is 9.80 Å². The van der Waals surface area contributed by atoms with Crippen LogP contribution in [0.1, 0.15) is 0 Å². The number of fused-ring (bicyclic) bond motifs is 2. The highest BCUT2D eigenvalue weighted by atomic mass is 15.4. The van der Waals surface area contributed by atoms with Crippen LogP contribution in [0.5, 0.6) is 0 Å². The minimum atomic E-state index is 0.591. The smallest absolute Gasteiger partial charge is 0.0990 e. The molecule has 3 rings (SSSR count). The van der Waals surface area contributed by atoms with Crippen molar-refractivity contribution in [1.29, 1.82) is 0 Å². The number of likely N-dealkylation sites (N-methyl/N-ethyl adjacent to an activating group) is 1. The molecule has 0 radical (unpaired) electrons. The van der Waals surface area contributed by atoms with Gasteiger partial charge in [0.1, 0.15) is 0 Å². The molecule has 0 aliphatic carbocycles. The minimum absolute atomic E-state index is 0.591. The molecular formula is C8H15N3. The summed E-state index contributed by atoms with van der Waals surface area (Å²) in [5.41, 5.74) is 0. The number of hydrogen-bond acceptors (Lipinski definition) is 3. The maximum absolute atomic E-state index is 2.40. The monoisotopic (exact) mass is 153 g/mol. The van der Waals surface area contributed by atoms with Crippen molar-refractivity contribution in [3.05, 3.63) is 12.4 Å². The first-order valence-electron chi connectivity index (χ1n) is 4.12. The molecule has 1 fully saturated rings. The first kappa shape index (κ1) is 6.98. The molecule has 0 saturated carbocycles. The molecule has 3 heterocycles. The zero-order valence-electron chi connectivity index (χ0n) is 7.20. The quantitative estimate of drug-likeness (QED) is 0.524. The van der Waals surface area contributed by atoms with Crippen molar-refractivity contribution in [2.75, 3.05) is 33.7 Å². The normalized spacial score (nSPS) is 28.8. The molecule has 0 aromatic heterocycles. The number of hydrogen-bond donors (Lipinski definition) is 0. The van der Waals surface area contributed by atoms with Gasteiger partial charge in [0, 0.05) is 25.5 Å². The largest absolute Gasteiger partial charge is 0.371 e. The third kappa shape index (κ3) is 1.09. The van der Waals surface area contributed by atoms with Crippen LogP contribution in [0.15, 0.2) is 12.4 Å². The summed E-state index contributed by atoms with van der Waals surface area (Å²) in [5, 5.41) is 0. The SMILES string of the molecule is CN(C)C1CN2C=CN1CC2. The van der Waals surface area contributed by atoms with E-state index in [0.29, 0.717) is 6.17 Å². The van der Waals surface area contributed by atoms with Gasteiger partial charge in [-0.2, -0.15) is 0 Å². The molecule has 0 aromatic rings. The van der Waals surface area contributed by atoms with Gasteiger partial charge in [-0.25, -0.2) is 0 Å². The van der Waals surface area contributed by atoms with Crippen LogP contribution in [0.2, 0.25) is 0 Å². The first-order chi connectivity index (χ1) is 5.27. The molecule has 11 heavy (non-hydrogen) atoms. The van der Waals surface area contributed by atoms with Gasteiger partial charge in [-0.15, -0.1) is 0 Å². The molecule has 0 N–H and O–H groups in total. The molecule has 3 aliphatic rings. The summed E-state index contributed by atoms with van der Waals surface area (Å²) >= 11 is 0. The van der Waals surface area contributed by atoms with Crippen molar-refractivity contribution in [2.45, 2.75) is 6.17 Å². The van der Waals surface area contributed by atoms with Crippen LogP contribution in [0, 0.1) is 0 Å². The number of rotatable bonds is 1. The summed E-state index contributed by atoms with van der Waals surface area (Å²) in [6.07, 6.45) is 4.97. The van der Waals surface area contributed by atoms with Crippen LogP contribution >= 0.6 is 0 Å². The van der Waals surface area contributed by atoms with Crippen molar-refractivity contribution in [2.24, 2.45) is 0 Å². The molecule has 1 atom stereocenters. The van der Waals surface area contributed by atoms with E-state index < -0.39 is 0 Å². The van der Waals surface area contributed by atoms with Gasteiger partial charge in [0.15, 0.2) is 0 Å². The fraction of sp³-hybridized carbons (Fsp3) is 0.750. The van der Waals surface area contributed by atoms with Gasteiger partial charge in [0.05, 0.1) is 12.7 Å². The van der Waals surface area contributed by atoms with Crippen LogP contribution in [-0.4, -0.2) is 54.6 Å². The molecule has 62 valence electrons. The Morgan fingerprint density at radius 1 is 1.27 bits per heavy atom. The van der Waals surface area contributed by atoms with Crippen LogP contribution < -0.4 is 0 Å². The minimum Gasteiger partial charge on any atom is -0.371 e. The van der Waals surface area contributed by atoms with E-state index in [4.69, 9.17) is 0 Å². The highest BCUT2D eigenvalue weighted by Gasteiger charge is 2.27. The van der Waals surface area contributed by atoms with Gasteiger partial charge in [-0.3, -0.25) is 4.90 Å². The average Bonchev–Trinajstić information content (AvgIpc) is 2.06. The lowest BCUT2D eigenvalue weighted by Gasteiger charge is -2.47. The fourth-order valence-corrected chi connectivity index (χ4v) is 1.75. The second-order valence-corrected chi connectivity index (χ2v) is 3.48. The second-order valence-electron chi connectivity index (χ2n) is 3.48. The Morgan fingerprint density at radius 3 is 2.36 bits per heavy atom. The third-order valence-corrected chi connectivity index (χ3v) is 2.49. The molecule has 1 saturated heterocycles. The van der Waals surface area contributed by atoms with E-state index in [0.717, 1.165) is 6.54 Å². The van der Waals surface area contributed by atoms with E-state index in [9.17, 15) is 0 Å². The lowest BCUT2D eigenvalue weighted by Crippen LogP contribution is -2.57. The van der Waals surface area contributed by atoms with E-state index >= 15 is 0 Å². The predicted octanol–water partition coefficient (Wildman–Crippen LogP) is -0.0235. The summed E-state index contributed by atoms with van der Waals surface area (Å²) in [5.74, 6) is 0. The van der Waals surface area contributed by atoms with Gasteiger partial charge in [-0.05, 0) is 14.1 Å². The van der Waals surface area contributed by atoms with Gasteiger partial charge >= 0.3 is 0 Å². The Labute approximate surface area is 67.9 Å². The Hall–Kier alpha value is -0.700. The van der Waals surface area contributed by atoms with Crippen LogP contribution in [0.4, 0.5) is 0 Å². The molecule has 3 heteroatoms. The summed E-state index contributed by atoms with van der Waals surface area (Å²) in [7, 11) is 4.28. The standard InChI is InChI=1S/C8H15N3/c1-9(2)8-7-10-3-5-11(8)6-4-10/h3,5,8H,4,6-7H2,1-2H3. The van der Waals surface area contributed by atoms with Crippen molar-refractivity contribution in [3.8, 4) is 0 Å². The van der Waals surface area contributed by atoms with E-state index in [2.05, 4.69) is 41.2 Å². The zero-order chi connectivity index (χ0) is 7.84. The van der Waals surface area contributed by atoms with E-state index in [1.807, 2.05) is 0 Å². The van der Waals surface area contributed by atoms with Gasteiger partial charge in [0.2, 0.25) is 0 Å². The van der Waals surface area contributed by atoms with Crippen molar-refractivity contribution < 1.29 is 0 Å². The van der Waals surface area contributed by atoms with E-state index in [1.165, 1.54) is 13.1 Å². The van der Waals surface area contributed by atoms with Crippen LogP contribution in [-0.2, 0) is 0 Å². The summed E-state index contributed by atoms with van der Waals surface area (Å²) in [6, 6.07) is 0. The third-order valence-electron chi connectivity index (χ3n) is 2.49. The van der Waals surface area contributed by atoms with E-state index in [1.54, 1.807) is 0 Å². The van der Waals surface area contributed by atoms with Crippen molar-refractivity contribution in [1.82, 2.24) is 14.7 Å². The first-order valence-corrected chi connectivity index (χ1v) is 4.12.